The van der Waals surface area contributed by atoms with Crippen LogP contribution in [-0.4, -0.2) is 40.4 Å². The highest BCUT2D eigenvalue weighted by molar-refractivity contribution is 5.94. The number of piperidine rings is 1. The zero-order valence-electron chi connectivity index (χ0n) is 19.6. The SMILES string of the molecule is CC(=O)c1ccc(Oc2cc(CC(=O)N3CCC(O)(CC(C)C)CC3)cc(C(F)(F)F)c2)cc1. The number of likely N-dealkylation sites (tertiary alicyclic amines) is 1. The van der Waals surface area contributed by atoms with Gasteiger partial charge in [0.05, 0.1) is 17.6 Å². The quantitative estimate of drug-likeness (QED) is 0.524. The van der Waals surface area contributed by atoms with Crippen molar-refractivity contribution in [3.05, 3.63) is 59.2 Å². The van der Waals surface area contributed by atoms with Gasteiger partial charge in [0.1, 0.15) is 11.5 Å². The largest absolute Gasteiger partial charge is 0.457 e. The minimum absolute atomic E-state index is 0.0434. The Hall–Kier alpha value is -2.87. The summed E-state index contributed by atoms with van der Waals surface area (Å²) in [5.41, 5.74) is -1.05. The lowest BCUT2D eigenvalue weighted by atomic mass is 9.84. The van der Waals surface area contributed by atoms with E-state index in [0.717, 1.165) is 12.1 Å². The molecular weight excluding hydrogens is 447 g/mol. The van der Waals surface area contributed by atoms with Gasteiger partial charge in [0.25, 0.3) is 0 Å². The summed E-state index contributed by atoms with van der Waals surface area (Å²) in [6.07, 6.45) is -3.26. The summed E-state index contributed by atoms with van der Waals surface area (Å²) in [4.78, 5) is 25.8. The molecule has 1 fully saturated rings. The zero-order chi connectivity index (χ0) is 25.1. The maximum Gasteiger partial charge on any atom is 0.416 e. The topological polar surface area (TPSA) is 66.8 Å². The molecular formula is C26H30F3NO4. The van der Waals surface area contributed by atoms with Crippen LogP contribution in [0.25, 0.3) is 0 Å². The van der Waals surface area contributed by atoms with Gasteiger partial charge < -0.3 is 14.7 Å². The molecule has 0 aromatic heterocycles. The van der Waals surface area contributed by atoms with Crippen LogP contribution >= 0.6 is 0 Å². The Morgan fingerprint density at radius 1 is 1.06 bits per heavy atom. The van der Waals surface area contributed by atoms with Gasteiger partial charge in [-0.15, -0.1) is 0 Å². The van der Waals surface area contributed by atoms with Gasteiger partial charge in [-0.05, 0) is 80.1 Å². The van der Waals surface area contributed by atoms with Crippen LogP contribution in [0, 0.1) is 5.92 Å². The second kappa shape index (κ2) is 10.2. The Balaban J connectivity index is 1.74. The van der Waals surface area contributed by atoms with Crippen LogP contribution in [0.3, 0.4) is 0 Å². The van der Waals surface area contributed by atoms with Crippen molar-refractivity contribution in [3.63, 3.8) is 0 Å². The van der Waals surface area contributed by atoms with Gasteiger partial charge in [-0.3, -0.25) is 9.59 Å². The Labute approximate surface area is 197 Å². The lowest BCUT2D eigenvalue weighted by Gasteiger charge is -2.39. The van der Waals surface area contributed by atoms with Gasteiger partial charge in [-0.25, -0.2) is 0 Å². The number of ether oxygens (including phenoxy) is 1. The Kier molecular flexibility index (Phi) is 7.70. The average molecular weight is 478 g/mol. The number of carbonyl (C=O) groups excluding carboxylic acids is 2. The maximum atomic E-state index is 13.5. The fourth-order valence-corrected chi connectivity index (χ4v) is 4.30. The first-order chi connectivity index (χ1) is 15.8. The molecule has 0 aliphatic carbocycles. The van der Waals surface area contributed by atoms with Crippen LogP contribution in [0.1, 0.15) is 61.5 Å². The zero-order valence-corrected chi connectivity index (χ0v) is 19.6. The molecule has 0 atom stereocenters. The average Bonchev–Trinajstić information content (AvgIpc) is 2.73. The molecule has 5 nitrogen and oxygen atoms in total. The fraction of sp³-hybridized carbons (Fsp3) is 0.462. The van der Waals surface area contributed by atoms with Gasteiger partial charge in [-0.2, -0.15) is 13.2 Å². The first kappa shape index (κ1) is 25.7. The van der Waals surface area contributed by atoms with Crippen molar-refractivity contribution in [1.82, 2.24) is 4.90 Å². The number of benzene rings is 2. The monoisotopic (exact) mass is 477 g/mol. The van der Waals surface area contributed by atoms with Crippen molar-refractivity contribution >= 4 is 11.7 Å². The smallest absolute Gasteiger partial charge is 0.416 e. The minimum atomic E-state index is -4.60. The van der Waals surface area contributed by atoms with E-state index in [4.69, 9.17) is 4.74 Å². The summed E-state index contributed by atoms with van der Waals surface area (Å²) < 4.78 is 46.1. The van der Waals surface area contributed by atoms with Crippen molar-refractivity contribution in [2.24, 2.45) is 5.92 Å². The summed E-state index contributed by atoms with van der Waals surface area (Å²) in [5.74, 6) is 0.143. The van der Waals surface area contributed by atoms with Gasteiger partial charge in [0.15, 0.2) is 5.78 Å². The normalized spacial score (nSPS) is 15.9. The summed E-state index contributed by atoms with van der Waals surface area (Å²) in [6, 6.07) is 9.36. The van der Waals surface area contributed by atoms with E-state index in [1.807, 2.05) is 13.8 Å². The molecule has 1 amide bonds. The van der Waals surface area contributed by atoms with E-state index < -0.39 is 17.3 Å². The second-order valence-corrected chi connectivity index (χ2v) is 9.43. The van der Waals surface area contributed by atoms with Crippen LogP contribution in [0.15, 0.2) is 42.5 Å². The molecule has 1 N–H and O–H groups in total. The molecule has 34 heavy (non-hydrogen) atoms. The van der Waals surface area contributed by atoms with Gasteiger partial charge in [0, 0.05) is 18.7 Å². The van der Waals surface area contributed by atoms with E-state index in [9.17, 15) is 27.9 Å². The molecule has 0 saturated carbocycles. The Morgan fingerprint density at radius 3 is 2.21 bits per heavy atom. The molecule has 1 heterocycles. The number of halogens is 3. The van der Waals surface area contributed by atoms with E-state index in [0.29, 0.717) is 43.8 Å². The fourth-order valence-electron chi connectivity index (χ4n) is 4.30. The summed E-state index contributed by atoms with van der Waals surface area (Å²) in [7, 11) is 0. The van der Waals surface area contributed by atoms with Crippen molar-refractivity contribution in [1.29, 1.82) is 0 Å². The van der Waals surface area contributed by atoms with E-state index in [2.05, 4.69) is 0 Å². The number of Topliss-reactive ketones (excluding diaryl/α,β-unsaturated/α-hetero) is 1. The Bertz CT molecular complexity index is 1020. The molecule has 184 valence electrons. The lowest BCUT2D eigenvalue weighted by molar-refractivity contribution is -0.138. The van der Waals surface area contributed by atoms with Gasteiger partial charge >= 0.3 is 6.18 Å². The van der Waals surface area contributed by atoms with Crippen LogP contribution in [0.2, 0.25) is 0 Å². The van der Waals surface area contributed by atoms with Crippen LogP contribution in [0.4, 0.5) is 13.2 Å². The molecule has 0 bridgehead atoms. The van der Waals surface area contributed by atoms with Crippen molar-refractivity contribution in [3.8, 4) is 11.5 Å². The third-order valence-corrected chi connectivity index (χ3v) is 5.98. The lowest BCUT2D eigenvalue weighted by Crippen LogP contribution is -2.47. The number of nitrogens with zero attached hydrogens (tertiary/aromatic N) is 1. The molecule has 8 heteroatoms. The first-order valence-corrected chi connectivity index (χ1v) is 11.3. The number of carbonyl (C=O) groups is 2. The highest BCUT2D eigenvalue weighted by Gasteiger charge is 2.35. The first-order valence-electron chi connectivity index (χ1n) is 11.3. The minimum Gasteiger partial charge on any atom is -0.457 e. The van der Waals surface area contributed by atoms with Gasteiger partial charge in [-0.1, -0.05) is 13.8 Å². The summed E-state index contributed by atoms with van der Waals surface area (Å²) >= 11 is 0. The molecule has 3 rings (SSSR count). The maximum absolute atomic E-state index is 13.5. The van der Waals surface area contributed by atoms with Gasteiger partial charge in [0.2, 0.25) is 5.91 Å². The highest BCUT2D eigenvalue weighted by atomic mass is 19.4. The van der Waals surface area contributed by atoms with Crippen LogP contribution in [-0.2, 0) is 17.4 Å². The Morgan fingerprint density at radius 2 is 1.68 bits per heavy atom. The van der Waals surface area contributed by atoms with E-state index in [1.165, 1.54) is 37.3 Å². The second-order valence-electron chi connectivity index (χ2n) is 9.43. The van der Waals surface area contributed by atoms with Crippen LogP contribution < -0.4 is 4.74 Å². The third-order valence-electron chi connectivity index (χ3n) is 5.98. The molecule has 2 aromatic carbocycles. The number of ketones is 1. The molecule has 2 aromatic rings. The van der Waals surface area contributed by atoms with E-state index in [1.54, 1.807) is 4.90 Å². The van der Waals surface area contributed by atoms with Crippen molar-refractivity contribution in [2.75, 3.05) is 13.1 Å². The van der Waals surface area contributed by atoms with Crippen molar-refractivity contribution in [2.45, 2.75) is 58.2 Å². The molecule has 1 aliphatic rings. The summed E-state index contributed by atoms with van der Waals surface area (Å²) in [5, 5.41) is 10.7. The van der Waals surface area contributed by atoms with Crippen molar-refractivity contribution < 1.29 is 32.6 Å². The highest BCUT2D eigenvalue weighted by Crippen LogP contribution is 2.35. The molecule has 0 spiro atoms. The molecule has 0 radical (unpaired) electrons. The van der Waals surface area contributed by atoms with E-state index in [-0.39, 0.29) is 35.2 Å². The van der Waals surface area contributed by atoms with E-state index >= 15 is 0 Å². The molecule has 1 aliphatic heterocycles. The predicted molar refractivity (Wildman–Crippen MR) is 122 cm³/mol. The third kappa shape index (κ3) is 6.82. The summed E-state index contributed by atoms with van der Waals surface area (Å²) in [6.45, 7) is 6.21. The number of aliphatic hydroxyl groups is 1. The predicted octanol–water partition coefficient (Wildman–Crippen LogP) is 5.64. The number of hydrogen-bond acceptors (Lipinski definition) is 4. The number of rotatable bonds is 7. The number of amides is 1. The van der Waals surface area contributed by atoms with Crippen LogP contribution in [0.5, 0.6) is 11.5 Å². The molecule has 1 saturated heterocycles. The molecule has 0 unspecified atom stereocenters. The standard InChI is InChI=1S/C26H30F3NO4/c1-17(2)16-25(33)8-10-30(11-9-25)24(32)14-19-12-21(26(27,28)29)15-23(13-19)34-22-6-4-20(5-7-22)18(3)31/h4-7,12-13,15,17,33H,8-11,14,16H2,1-3H3. The number of alkyl halides is 3. The number of hydrogen-bond donors (Lipinski definition) is 1.